The van der Waals surface area contributed by atoms with Crippen molar-refractivity contribution in [2.75, 3.05) is 31.1 Å². The second kappa shape index (κ2) is 9.03. The van der Waals surface area contributed by atoms with Gasteiger partial charge < -0.3 is 4.90 Å². The Morgan fingerprint density at radius 2 is 1.58 bits per heavy atom. The number of hydrogen-bond donors (Lipinski definition) is 0. The molecular weight excluding hydrogens is 451 g/mol. The first-order chi connectivity index (χ1) is 15.1. The minimum atomic E-state index is 0.437. The number of para-hydroxylation sites is 1. The van der Waals surface area contributed by atoms with Gasteiger partial charge in [-0.1, -0.05) is 46.9 Å². The molecule has 2 heterocycles. The van der Waals surface area contributed by atoms with E-state index in [0.717, 1.165) is 61.0 Å². The quantitative estimate of drug-likeness (QED) is 0.435. The van der Waals surface area contributed by atoms with Crippen LogP contribution in [0.1, 0.15) is 25.3 Å². The number of halogens is 3. The van der Waals surface area contributed by atoms with Gasteiger partial charge in [-0.25, -0.2) is 0 Å². The third-order valence-electron chi connectivity index (χ3n) is 6.59. The lowest BCUT2D eigenvalue weighted by Crippen LogP contribution is -2.49. The van der Waals surface area contributed by atoms with Crippen molar-refractivity contribution in [2.45, 2.75) is 31.3 Å². The molecule has 2 fully saturated rings. The average Bonchev–Trinajstić information content (AvgIpc) is 3.44. The summed E-state index contributed by atoms with van der Waals surface area (Å²) in [6, 6.07) is 16.8. The van der Waals surface area contributed by atoms with Crippen molar-refractivity contribution in [3.8, 4) is 11.3 Å². The van der Waals surface area contributed by atoms with E-state index in [0.29, 0.717) is 22.1 Å². The van der Waals surface area contributed by atoms with Crippen LogP contribution in [-0.4, -0.2) is 46.9 Å². The van der Waals surface area contributed by atoms with E-state index in [2.05, 4.69) is 32.8 Å². The van der Waals surface area contributed by atoms with E-state index in [4.69, 9.17) is 39.9 Å². The predicted octanol–water partition coefficient (Wildman–Crippen LogP) is 6.43. The molecule has 2 atom stereocenters. The highest BCUT2D eigenvalue weighted by molar-refractivity contribution is 6.36. The van der Waals surface area contributed by atoms with E-state index in [1.165, 1.54) is 6.42 Å². The molecule has 0 N–H and O–H groups in total. The van der Waals surface area contributed by atoms with Gasteiger partial charge in [-0.15, -0.1) is 0 Å². The molecule has 5 rings (SSSR count). The summed E-state index contributed by atoms with van der Waals surface area (Å²) in [6.45, 7) is 4.19. The first kappa shape index (κ1) is 21.1. The maximum Gasteiger partial charge on any atom is 0.0938 e. The van der Waals surface area contributed by atoms with Crippen LogP contribution in [0.2, 0.25) is 15.1 Å². The fourth-order valence-electron chi connectivity index (χ4n) is 4.92. The molecule has 2 unspecified atom stereocenters. The van der Waals surface area contributed by atoms with Gasteiger partial charge in [-0.05, 0) is 55.7 Å². The molecule has 0 spiro atoms. The van der Waals surface area contributed by atoms with Crippen LogP contribution in [0.4, 0.5) is 5.69 Å². The van der Waals surface area contributed by atoms with Gasteiger partial charge in [-0.2, -0.15) is 5.10 Å². The lowest BCUT2D eigenvalue weighted by molar-refractivity contribution is 0.183. The molecule has 0 bridgehead atoms. The largest absolute Gasteiger partial charge is 0.368 e. The van der Waals surface area contributed by atoms with Crippen LogP contribution in [0.15, 0.2) is 54.7 Å². The summed E-state index contributed by atoms with van der Waals surface area (Å²) < 4.78 is 2.13. The van der Waals surface area contributed by atoms with Crippen LogP contribution in [0.5, 0.6) is 0 Å². The molecule has 1 aliphatic carbocycles. The molecule has 2 aliphatic rings. The SMILES string of the molecule is Clc1ccc(-c2ccn(C3CCC(N4CCN(c5ccccc5Cl)CC4)C3)n2)c(Cl)c1. The monoisotopic (exact) mass is 474 g/mol. The Labute approximate surface area is 198 Å². The third-order valence-corrected chi connectivity index (χ3v) is 7.46. The molecule has 1 aromatic heterocycles. The summed E-state index contributed by atoms with van der Waals surface area (Å²) >= 11 is 18.8. The number of anilines is 1. The minimum Gasteiger partial charge on any atom is -0.368 e. The molecule has 7 heteroatoms. The molecule has 162 valence electrons. The topological polar surface area (TPSA) is 24.3 Å². The zero-order valence-corrected chi connectivity index (χ0v) is 19.5. The van der Waals surface area contributed by atoms with Gasteiger partial charge in [0.1, 0.15) is 0 Å². The van der Waals surface area contributed by atoms with Crippen LogP contribution >= 0.6 is 34.8 Å². The molecular formula is C24H25Cl3N4. The second-order valence-electron chi connectivity index (χ2n) is 8.40. The van der Waals surface area contributed by atoms with Crippen molar-refractivity contribution in [1.82, 2.24) is 14.7 Å². The Morgan fingerprint density at radius 3 is 2.35 bits per heavy atom. The Morgan fingerprint density at radius 1 is 0.806 bits per heavy atom. The van der Waals surface area contributed by atoms with E-state index < -0.39 is 0 Å². The standard InChI is InChI=1S/C24H25Cl3N4/c25-17-5-8-20(22(27)15-17)23-9-10-31(28-23)19-7-6-18(16-19)29-11-13-30(14-12-29)24-4-2-1-3-21(24)26/h1-5,8-10,15,18-19H,6-7,11-14,16H2. The zero-order valence-electron chi connectivity index (χ0n) is 17.2. The van der Waals surface area contributed by atoms with Crippen molar-refractivity contribution in [3.05, 3.63) is 69.8 Å². The van der Waals surface area contributed by atoms with Gasteiger partial charge >= 0.3 is 0 Å². The molecule has 0 radical (unpaired) electrons. The number of rotatable bonds is 4. The van der Waals surface area contributed by atoms with E-state index in [9.17, 15) is 0 Å². The zero-order chi connectivity index (χ0) is 21.4. The van der Waals surface area contributed by atoms with Gasteiger partial charge in [-0.3, -0.25) is 9.58 Å². The van der Waals surface area contributed by atoms with E-state index in [1.807, 2.05) is 30.3 Å². The average molecular weight is 476 g/mol. The smallest absolute Gasteiger partial charge is 0.0938 e. The van der Waals surface area contributed by atoms with Crippen LogP contribution in [0, 0.1) is 0 Å². The van der Waals surface area contributed by atoms with Crippen molar-refractivity contribution >= 4 is 40.5 Å². The van der Waals surface area contributed by atoms with Crippen molar-refractivity contribution in [1.29, 1.82) is 0 Å². The summed E-state index contributed by atoms with van der Waals surface area (Å²) in [5, 5.41) is 6.96. The first-order valence-corrected chi connectivity index (χ1v) is 12.0. The van der Waals surface area contributed by atoms with E-state index >= 15 is 0 Å². The van der Waals surface area contributed by atoms with Crippen molar-refractivity contribution in [3.63, 3.8) is 0 Å². The molecule has 0 amide bonds. The fourth-order valence-corrected chi connectivity index (χ4v) is 5.69. The number of aromatic nitrogens is 2. The Hall–Kier alpha value is -1.72. The number of nitrogens with zero attached hydrogens (tertiary/aromatic N) is 4. The first-order valence-electron chi connectivity index (χ1n) is 10.8. The maximum atomic E-state index is 6.39. The maximum absolute atomic E-state index is 6.39. The van der Waals surface area contributed by atoms with Crippen LogP contribution in [0.25, 0.3) is 11.3 Å². The number of benzene rings is 2. The molecule has 1 aliphatic heterocycles. The molecule has 1 saturated heterocycles. The highest BCUT2D eigenvalue weighted by atomic mass is 35.5. The summed E-state index contributed by atoms with van der Waals surface area (Å²) in [4.78, 5) is 5.05. The molecule has 31 heavy (non-hydrogen) atoms. The van der Waals surface area contributed by atoms with Gasteiger partial charge in [0.05, 0.1) is 27.5 Å². The highest BCUT2D eigenvalue weighted by Gasteiger charge is 2.32. The summed E-state index contributed by atoms with van der Waals surface area (Å²) in [6.07, 6.45) is 5.60. The van der Waals surface area contributed by atoms with Gasteiger partial charge in [0.2, 0.25) is 0 Å². The van der Waals surface area contributed by atoms with Crippen LogP contribution in [-0.2, 0) is 0 Å². The number of piperazine rings is 1. The molecule has 1 saturated carbocycles. The Balaban J connectivity index is 1.20. The molecule has 4 nitrogen and oxygen atoms in total. The lowest BCUT2D eigenvalue weighted by atomic mass is 10.1. The highest BCUT2D eigenvalue weighted by Crippen LogP contribution is 2.36. The summed E-state index contributed by atoms with van der Waals surface area (Å²) in [7, 11) is 0. The van der Waals surface area contributed by atoms with Crippen LogP contribution in [0.3, 0.4) is 0 Å². The Bertz CT molecular complexity index is 1060. The second-order valence-corrected chi connectivity index (χ2v) is 9.65. The van der Waals surface area contributed by atoms with Crippen molar-refractivity contribution in [2.24, 2.45) is 0 Å². The van der Waals surface area contributed by atoms with Gasteiger partial charge in [0.25, 0.3) is 0 Å². The van der Waals surface area contributed by atoms with Crippen LogP contribution < -0.4 is 4.90 Å². The van der Waals surface area contributed by atoms with E-state index in [-0.39, 0.29) is 0 Å². The molecule has 2 aromatic carbocycles. The predicted molar refractivity (Wildman–Crippen MR) is 130 cm³/mol. The third kappa shape index (κ3) is 4.45. The lowest BCUT2D eigenvalue weighted by Gasteiger charge is -2.39. The summed E-state index contributed by atoms with van der Waals surface area (Å²) in [5.41, 5.74) is 2.98. The minimum absolute atomic E-state index is 0.437. The van der Waals surface area contributed by atoms with E-state index in [1.54, 1.807) is 6.07 Å². The fraction of sp³-hybridized carbons (Fsp3) is 0.375. The van der Waals surface area contributed by atoms with Gasteiger partial charge in [0, 0.05) is 49.0 Å². The normalized spacial score (nSPS) is 22.2. The summed E-state index contributed by atoms with van der Waals surface area (Å²) in [5.74, 6) is 0. The van der Waals surface area contributed by atoms with Gasteiger partial charge in [0.15, 0.2) is 0 Å². The van der Waals surface area contributed by atoms with Crippen molar-refractivity contribution < 1.29 is 0 Å². The Kier molecular flexibility index (Phi) is 6.16. The number of hydrogen-bond acceptors (Lipinski definition) is 3. The molecule has 3 aromatic rings.